The Morgan fingerprint density at radius 1 is 1.67 bits per heavy atom. The minimum Gasteiger partial charge on any atom is -0.253 e. The summed E-state index contributed by atoms with van der Waals surface area (Å²) in [7, 11) is 1.75. The Balaban J connectivity index is 3.12. The highest BCUT2D eigenvalue weighted by Gasteiger charge is 1.88. The van der Waals surface area contributed by atoms with E-state index in [4.69, 9.17) is 5.26 Å². The van der Waals surface area contributed by atoms with Crippen LogP contribution < -0.4 is 5.72 Å². The van der Waals surface area contributed by atoms with E-state index in [0.717, 1.165) is 0 Å². The Morgan fingerprint density at radius 3 is 2.89 bits per heavy atom. The SMILES string of the molecule is Bc1nccc(C#N)n1. The van der Waals surface area contributed by atoms with Crippen molar-refractivity contribution in [1.29, 1.82) is 5.26 Å². The highest BCUT2D eigenvalue weighted by Crippen LogP contribution is 1.82. The van der Waals surface area contributed by atoms with E-state index in [2.05, 4.69) is 9.97 Å². The van der Waals surface area contributed by atoms with E-state index in [1.807, 2.05) is 6.07 Å². The average molecular weight is 117 g/mol. The number of hydrogen-bond acceptors (Lipinski definition) is 3. The maximum Gasteiger partial charge on any atom is 0.189 e. The van der Waals surface area contributed by atoms with E-state index in [1.165, 1.54) is 0 Å². The molecule has 0 unspecified atom stereocenters. The van der Waals surface area contributed by atoms with Gasteiger partial charge < -0.3 is 0 Å². The minimum absolute atomic E-state index is 0.419. The zero-order valence-electron chi connectivity index (χ0n) is 5.00. The monoisotopic (exact) mass is 117 g/mol. The van der Waals surface area contributed by atoms with E-state index in [-0.39, 0.29) is 0 Å². The van der Waals surface area contributed by atoms with E-state index in [1.54, 1.807) is 20.1 Å². The summed E-state index contributed by atoms with van der Waals surface area (Å²) in [5, 5.41) is 8.32. The molecule has 0 aliphatic rings. The topological polar surface area (TPSA) is 49.6 Å². The van der Waals surface area contributed by atoms with Crippen molar-refractivity contribution in [2.45, 2.75) is 0 Å². The Kier molecular flexibility index (Phi) is 1.45. The lowest BCUT2D eigenvalue weighted by Crippen LogP contribution is -2.12. The number of nitrogens with zero attached hydrogens (tertiary/aromatic N) is 3. The summed E-state index contributed by atoms with van der Waals surface area (Å²) in [6.45, 7) is 0. The molecule has 4 heteroatoms. The molecule has 1 aromatic heterocycles. The van der Waals surface area contributed by atoms with E-state index in [0.29, 0.717) is 11.4 Å². The van der Waals surface area contributed by atoms with Crippen LogP contribution in [0.5, 0.6) is 0 Å². The van der Waals surface area contributed by atoms with Crippen molar-refractivity contribution in [3.63, 3.8) is 0 Å². The molecule has 1 heterocycles. The van der Waals surface area contributed by atoms with Crippen LogP contribution >= 0.6 is 0 Å². The summed E-state index contributed by atoms with van der Waals surface area (Å²) in [5.41, 5.74) is 1.05. The molecule has 1 rings (SSSR count). The lowest BCUT2D eigenvalue weighted by Gasteiger charge is -1.87. The first-order chi connectivity index (χ1) is 4.33. The van der Waals surface area contributed by atoms with Crippen LogP contribution in [0.25, 0.3) is 0 Å². The quantitative estimate of drug-likeness (QED) is 0.393. The molecule has 0 N–H and O–H groups in total. The van der Waals surface area contributed by atoms with Gasteiger partial charge >= 0.3 is 0 Å². The van der Waals surface area contributed by atoms with Gasteiger partial charge in [-0.25, -0.2) is 4.98 Å². The Hall–Kier alpha value is -1.37. The normalized spacial score (nSPS) is 8.33. The van der Waals surface area contributed by atoms with E-state index in [9.17, 15) is 0 Å². The molecule has 1 aromatic rings. The molecular formula is C5H4BN3. The number of hydrogen-bond donors (Lipinski definition) is 0. The van der Waals surface area contributed by atoms with E-state index >= 15 is 0 Å². The lowest BCUT2D eigenvalue weighted by atomic mass is 10.1. The molecule has 0 aliphatic heterocycles. The van der Waals surface area contributed by atoms with Gasteiger partial charge in [-0.3, -0.25) is 4.98 Å². The summed E-state index contributed by atoms with van der Waals surface area (Å²) in [5.74, 6) is 0. The largest absolute Gasteiger partial charge is 0.253 e. The summed E-state index contributed by atoms with van der Waals surface area (Å²) in [6, 6.07) is 3.49. The molecule has 0 atom stereocenters. The maximum absolute atomic E-state index is 8.32. The predicted octanol–water partition coefficient (Wildman–Crippen LogP) is -1.39. The molecule has 0 aromatic carbocycles. The fourth-order valence-electron chi connectivity index (χ4n) is 0.518. The van der Waals surface area contributed by atoms with Crippen molar-refractivity contribution < 1.29 is 0 Å². The van der Waals surface area contributed by atoms with Crippen molar-refractivity contribution in [1.82, 2.24) is 9.97 Å². The standard InChI is InChI=1S/C5H4BN3/c6-5-8-2-1-4(3-7)9-5/h1-2H,6H2. The van der Waals surface area contributed by atoms with Crippen LogP contribution in [0.1, 0.15) is 5.69 Å². The molecule has 0 saturated carbocycles. The van der Waals surface area contributed by atoms with Crippen molar-refractivity contribution in [3.8, 4) is 6.07 Å². The second-order valence-electron chi connectivity index (χ2n) is 1.60. The van der Waals surface area contributed by atoms with Crippen LogP contribution in [0.3, 0.4) is 0 Å². The van der Waals surface area contributed by atoms with Crippen LogP contribution in [-0.4, -0.2) is 17.8 Å². The average Bonchev–Trinajstić information content (AvgIpc) is 1.88. The van der Waals surface area contributed by atoms with Crippen LogP contribution in [0, 0.1) is 11.3 Å². The van der Waals surface area contributed by atoms with E-state index < -0.39 is 0 Å². The molecule has 9 heavy (non-hydrogen) atoms. The molecule has 0 amide bonds. The lowest BCUT2D eigenvalue weighted by molar-refractivity contribution is 1.20. The van der Waals surface area contributed by atoms with Crippen molar-refractivity contribution in [3.05, 3.63) is 18.0 Å². The van der Waals surface area contributed by atoms with Crippen LogP contribution in [-0.2, 0) is 0 Å². The Labute approximate surface area is 53.8 Å². The molecule has 42 valence electrons. The van der Waals surface area contributed by atoms with Gasteiger partial charge in [0.05, 0.1) is 5.72 Å². The van der Waals surface area contributed by atoms with Crippen molar-refractivity contribution >= 4 is 13.6 Å². The number of nitriles is 1. The second-order valence-corrected chi connectivity index (χ2v) is 1.60. The Bertz CT molecular complexity index is 253. The van der Waals surface area contributed by atoms with Crippen LogP contribution in [0.15, 0.2) is 12.3 Å². The zero-order valence-corrected chi connectivity index (χ0v) is 5.00. The van der Waals surface area contributed by atoms with Crippen LogP contribution in [0.4, 0.5) is 0 Å². The van der Waals surface area contributed by atoms with Crippen LogP contribution in [0.2, 0.25) is 0 Å². The van der Waals surface area contributed by atoms with Gasteiger partial charge in [-0.1, -0.05) is 0 Å². The third-order valence-electron chi connectivity index (χ3n) is 0.891. The first-order valence-corrected chi connectivity index (χ1v) is 2.52. The first-order valence-electron chi connectivity index (χ1n) is 2.52. The summed E-state index contributed by atoms with van der Waals surface area (Å²) in [6.07, 6.45) is 1.57. The molecular weight excluding hydrogens is 113 g/mol. The molecule has 0 saturated heterocycles. The van der Waals surface area contributed by atoms with Gasteiger partial charge in [-0.2, -0.15) is 5.26 Å². The third-order valence-corrected chi connectivity index (χ3v) is 0.891. The van der Waals surface area contributed by atoms with Gasteiger partial charge in [0.15, 0.2) is 7.85 Å². The minimum atomic E-state index is 0.419. The number of aromatic nitrogens is 2. The van der Waals surface area contributed by atoms with Gasteiger partial charge in [-0.15, -0.1) is 0 Å². The molecule has 0 fully saturated rings. The van der Waals surface area contributed by atoms with Gasteiger partial charge in [0.25, 0.3) is 0 Å². The van der Waals surface area contributed by atoms with Gasteiger partial charge in [0.1, 0.15) is 11.8 Å². The summed E-state index contributed by atoms with van der Waals surface area (Å²) < 4.78 is 0. The van der Waals surface area contributed by atoms with Crippen molar-refractivity contribution in [2.75, 3.05) is 0 Å². The van der Waals surface area contributed by atoms with Gasteiger partial charge in [0, 0.05) is 6.20 Å². The highest BCUT2D eigenvalue weighted by atomic mass is 14.8. The molecule has 3 nitrogen and oxygen atoms in total. The predicted molar refractivity (Wildman–Crippen MR) is 34.9 cm³/mol. The smallest absolute Gasteiger partial charge is 0.189 e. The number of rotatable bonds is 0. The molecule has 0 aliphatic carbocycles. The highest BCUT2D eigenvalue weighted by molar-refractivity contribution is 6.28. The fourth-order valence-corrected chi connectivity index (χ4v) is 0.518. The fraction of sp³-hybridized carbons (Fsp3) is 0. The molecule has 0 bridgehead atoms. The van der Waals surface area contributed by atoms with Gasteiger partial charge in [0.2, 0.25) is 0 Å². The van der Waals surface area contributed by atoms with Crippen molar-refractivity contribution in [2.24, 2.45) is 0 Å². The first kappa shape index (κ1) is 5.77. The zero-order chi connectivity index (χ0) is 6.69. The second kappa shape index (κ2) is 2.27. The molecule has 0 spiro atoms. The summed E-state index contributed by atoms with van der Waals surface area (Å²) in [4.78, 5) is 7.64. The van der Waals surface area contributed by atoms with Gasteiger partial charge in [-0.05, 0) is 6.07 Å². The Morgan fingerprint density at radius 2 is 2.44 bits per heavy atom. The maximum atomic E-state index is 8.32. The third kappa shape index (κ3) is 1.26. The molecule has 0 radical (unpaired) electrons. The summed E-state index contributed by atoms with van der Waals surface area (Å²) >= 11 is 0.